The molecular weight excluding hydrogens is 509 g/mol. The molecule has 1 N–H and O–H groups in total. The molecular formula is C26H27F3N2O7. The Morgan fingerprint density at radius 1 is 0.789 bits per heavy atom. The molecule has 204 valence electrons. The smallest absolute Gasteiger partial charge is 0.416 e. The van der Waals surface area contributed by atoms with Crippen LogP contribution in [0.25, 0.3) is 0 Å². The van der Waals surface area contributed by atoms with Gasteiger partial charge in [0.25, 0.3) is 11.8 Å². The molecule has 0 saturated carbocycles. The molecule has 38 heavy (non-hydrogen) atoms. The van der Waals surface area contributed by atoms with Crippen LogP contribution in [0.5, 0.6) is 0 Å². The first-order valence-electron chi connectivity index (χ1n) is 11.7. The highest BCUT2D eigenvalue weighted by atomic mass is 19.4. The monoisotopic (exact) mass is 536 g/mol. The van der Waals surface area contributed by atoms with Crippen LogP contribution in [0.4, 0.5) is 24.5 Å². The van der Waals surface area contributed by atoms with E-state index in [1.54, 1.807) is 18.2 Å². The summed E-state index contributed by atoms with van der Waals surface area (Å²) in [5.74, 6) is -1.35. The quantitative estimate of drug-likeness (QED) is 0.209. The number of imide groups is 1. The molecule has 0 bridgehead atoms. The van der Waals surface area contributed by atoms with Crippen molar-refractivity contribution >= 4 is 29.2 Å². The van der Waals surface area contributed by atoms with E-state index in [0.717, 1.165) is 17.0 Å². The molecule has 0 saturated heterocycles. The van der Waals surface area contributed by atoms with E-state index in [9.17, 15) is 27.6 Å². The van der Waals surface area contributed by atoms with E-state index in [0.29, 0.717) is 12.3 Å². The van der Waals surface area contributed by atoms with Gasteiger partial charge in [0.2, 0.25) is 0 Å². The van der Waals surface area contributed by atoms with Gasteiger partial charge in [-0.25, -0.2) is 4.79 Å². The summed E-state index contributed by atoms with van der Waals surface area (Å²) in [6, 6.07) is 11.0. The fourth-order valence-electron chi connectivity index (χ4n) is 3.32. The Hall–Kier alpha value is -3.74. The number of nitrogens with zero attached hydrogens (tertiary/aromatic N) is 1. The van der Waals surface area contributed by atoms with E-state index in [1.165, 1.54) is 30.4 Å². The van der Waals surface area contributed by atoms with Crippen LogP contribution >= 0.6 is 0 Å². The van der Waals surface area contributed by atoms with Crippen molar-refractivity contribution in [2.24, 2.45) is 0 Å². The number of nitrogens with one attached hydrogen (secondary N) is 1. The number of rotatable bonds is 15. The molecule has 0 radical (unpaired) electrons. The van der Waals surface area contributed by atoms with Crippen LogP contribution in [-0.2, 0) is 34.7 Å². The number of amides is 2. The van der Waals surface area contributed by atoms with Gasteiger partial charge >= 0.3 is 12.1 Å². The number of halogens is 3. The van der Waals surface area contributed by atoms with Crippen molar-refractivity contribution < 1.29 is 46.5 Å². The van der Waals surface area contributed by atoms with Crippen LogP contribution in [0.15, 0.2) is 60.7 Å². The molecule has 0 spiro atoms. The van der Waals surface area contributed by atoms with E-state index in [2.05, 4.69) is 5.32 Å². The fraction of sp³-hybridized carbons (Fsp3) is 0.346. The van der Waals surface area contributed by atoms with Gasteiger partial charge in [0.1, 0.15) is 6.61 Å². The summed E-state index contributed by atoms with van der Waals surface area (Å²) in [6.07, 6.45) is -2.05. The van der Waals surface area contributed by atoms with Gasteiger partial charge in [0, 0.05) is 17.8 Å². The van der Waals surface area contributed by atoms with Crippen molar-refractivity contribution in [2.75, 3.05) is 58.1 Å². The molecule has 1 aliphatic heterocycles. The number of alkyl halides is 3. The lowest BCUT2D eigenvalue weighted by molar-refractivity contribution is -0.138. The number of para-hydroxylation sites is 1. The zero-order valence-corrected chi connectivity index (χ0v) is 20.4. The minimum Gasteiger partial charge on any atom is -0.460 e. The Balaban J connectivity index is 1.27. The van der Waals surface area contributed by atoms with Gasteiger partial charge in [-0.05, 0) is 30.3 Å². The van der Waals surface area contributed by atoms with E-state index in [4.69, 9.17) is 18.9 Å². The number of esters is 1. The highest BCUT2D eigenvalue weighted by Gasteiger charge is 2.30. The van der Waals surface area contributed by atoms with Crippen LogP contribution in [0, 0.1) is 0 Å². The third-order valence-corrected chi connectivity index (χ3v) is 5.18. The molecule has 0 atom stereocenters. The Morgan fingerprint density at radius 3 is 2.05 bits per heavy atom. The topological polar surface area (TPSA) is 103 Å². The largest absolute Gasteiger partial charge is 0.460 e. The average Bonchev–Trinajstić information content (AvgIpc) is 3.21. The van der Waals surface area contributed by atoms with E-state index >= 15 is 0 Å². The molecule has 0 aromatic heterocycles. The minimum absolute atomic E-state index is 0.0252. The molecule has 9 nitrogen and oxygen atoms in total. The van der Waals surface area contributed by atoms with Crippen molar-refractivity contribution in [3.63, 3.8) is 0 Å². The predicted molar refractivity (Wildman–Crippen MR) is 130 cm³/mol. The first-order valence-corrected chi connectivity index (χ1v) is 11.7. The number of carbonyl (C=O) groups excluding carboxylic acids is 3. The minimum atomic E-state index is -4.48. The first-order chi connectivity index (χ1) is 18.3. The number of carbonyl (C=O) groups is 3. The summed E-state index contributed by atoms with van der Waals surface area (Å²) >= 11 is 0. The maximum atomic E-state index is 13.0. The molecule has 12 heteroatoms. The average molecular weight is 537 g/mol. The summed E-state index contributed by atoms with van der Waals surface area (Å²) in [5.41, 5.74) is -0.142. The number of hydrogen-bond acceptors (Lipinski definition) is 8. The van der Waals surface area contributed by atoms with Crippen molar-refractivity contribution in [3.8, 4) is 0 Å². The molecule has 1 heterocycles. The third-order valence-electron chi connectivity index (χ3n) is 5.18. The Bertz CT molecular complexity index is 1120. The number of benzene rings is 2. The molecule has 2 amide bonds. The Labute approximate surface area is 217 Å². The second-order valence-corrected chi connectivity index (χ2v) is 7.88. The molecule has 2 aromatic rings. The Kier molecular flexibility index (Phi) is 10.8. The van der Waals surface area contributed by atoms with Crippen LogP contribution in [0.1, 0.15) is 15.9 Å². The standard InChI is InChI=1S/C26H27F3N2O7/c27-26(28,29)19-4-3-5-20(18-19)30-22-7-2-1-6-21(22)25(34)38-17-16-37-15-14-36-13-12-35-11-10-31-23(32)8-9-24(31)33/h1-9,18,30H,10-17H2. The summed E-state index contributed by atoms with van der Waals surface area (Å²) in [5, 5.41) is 2.83. The maximum Gasteiger partial charge on any atom is 0.416 e. The van der Waals surface area contributed by atoms with Gasteiger partial charge in [-0.3, -0.25) is 14.5 Å². The number of hydrogen-bond donors (Lipinski definition) is 1. The second kappa shape index (κ2) is 14.3. The molecule has 2 aromatic carbocycles. The van der Waals surface area contributed by atoms with Gasteiger partial charge < -0.3 is 24.3 Å². The third kappa shape index (κ3) is 8.98. The normalized spacial score (nSPS) is 13.3. The van der Waals surface area contributed by atoms with Crippen LogP contribution < -0.4 is 5.32 Å². The van der Waals surface area contributed by atoms with Gasteiger partial charge in [-0.15, -0.1) is 0 Å². The number of anilines is 2. The molecule has 0 unspecified atom stereocenters. The summed E-state index contributed by atoms with van der Waals surface area (Å²) in [4.78, 5) is 36.4. The van der Waals surface area contributed by atoms with E-state index < -0.39 is 17.7 Å². The highest BCUT2D eigenvalue weighted by molar-refractivity contribution is 6.12. The van der Waals surface area contributed by atoms with Crippen molar-refractivity contribution in [1.29, 1.82) is 0 Å². The number of ether oxygens (including phenoxy) is 4. The first kappa shape index (κ1) is 28.8. The maximum absolute atomic E-state index is 13.0. The Morgan fingerprint density at radius 2 is 1.39 bits per heavy atom. The lowest BCUT2D eigenvalue weighted by Gasteiger charge is -2.14. The molecule has 1 aliphatic rings. The van der Waals surface area contributed by atoms with Gasteiger partial charge in [-0.2, -0.15) is 13.2 Å². The second-order valence-electron chi connectivity index (χ2n) is 7.88. The zero-order chi connectivity index (χ0) is 27.4. The van der Waals surface area contributed by atoms with Gasteiger partial charge in [0.15, 0.2) is 0 Å². The molecule has 0 aliphatic carbocycles. The zero-order valence-electron chi connectivity index (χ0n) is 20.4. The fourth-order valence-corrected chi connectivity index (χ4v) is 3.32. The lowest BCUT2D eigenvalue weighted by Crippen LogP contribution is -2.33. The van der Waals surface area contributed by atoms with Crippen LogP contribution in [0.3, 0.4) is 0 Å². The van der Waals surface area contributed by atoms with Gasteiger partial charge in [0.05, 0.1) is 63.0 Å². The molecule has 3 rings (SSSR count). The van der Waals surface area contributed by atoms with Crippen molar-refractivity contribution in [3.05, 3.63) is 71.8 Å². The predicted octanol–water partition coefficient (Wildman–Crippen LogP) is 3.58. The van der Waals surface area contributed by atoms with E-state index in [1.807, 2.05) is 0 Å². The van der Waals surface area contributed by atoms with E-state index in [-0.39, 0.29) is 69.3 Å². The summed E-state index contributed by atoms with van der Waals surface area (Å²) < 4.78 is 60.1. The molecule has 0 fully saturated rings. The summed E-state index contributed by atoms with van der Waals surface area (Å²) in [7, 11) is 0. The van der Waals surface area contributed by atoms with Crippen LogP contribution in [-0.4, -0.2) is 75.5 Å². The highest BCUT2D eigenvalue weighted by Crippen LogP contribution is 2.32. The van der Waals surface area contributed by atoms with Crippen LogP contribution in [0.2, 0.25) is 0 Å². The summed E-state index contributed by atoms with van der Waals surface area (Å²) in [6.45, 7) is 1.62. The SMILES string of the molecule is O=C(OCCOCCOCCOCCN1C(=O)C=CC1=O)c1ccccc1Nc1cccc(C(F)(F)F)c1. The van der Waals surface area contributed by atoms with Crippen molar-refractivity contribution in [2.45, 2.75) is 6.18 Å². The van der Waals surface area contributed by atoms with Gasteiger partial charge in [-0.1, -0.05) is 18.2 Å². The lowest BCUT2D eigenvalue weighted by atomic mass is 10.1. The van der Waals surface area contributed by atoms with Crippen molar-refractivity contribution in [1.82, 2.24) is 4.90 Å².